The number of carbonyl (C=O) groups is 2. The van der Waals surface area contributed by atoms with Crippen molar-refractivity contribution in [3.8, 4) is 0 Å². The van der Waals surface area contributed by atoms with Crippen LogP contribution in [0.25, 0.3) is 0 Å². The fourth-order valence-corrected chi connectivity index (χ4v) is 1.78. The third kappa shape index (κ3) is 3.06. The lowest BCUT2D eigenvalue weighted by molar-refractivity contribution is -0.140. The van der Waals surface area contributed by atoms with Crippen molar-refractivity contribution in [3.63, 3.8) is 0 Å². The molecule has 1 fully saturated rings. The summed E-state index contributed by atoms with van der Waals surface area (Å²) in [6, 6.07) is 0. The predicted molar refractivity (Wildman–Crippen MR) is 59.6 cm³/mol. The van der Waals surface area contributed by atoms with Gasteiger partial charge in [-0.3, -0.25) is 9.59 Å². The van der Waals surface area contributed by atoms with Gasteiger partial charge in [-0.05, 0) is 19.8 Å². The van der Waals surface area contributed by atoms with Gasteiger partial charge in [0, 0.05) is 13.0 Å². The van der Waals surface area contributed by atoms with Crippen molar-refractivity contribution >= 4 is 11.9 Å². The maximum absolute atomic E-state index is 11.5. The molecule has 2 rings (SSSR count). The van der Waals surface area contributed by atoms with E-state index in [4.69, 9.17) is 9.63 Å². The summed E-state index contributed by atoms with van der Waals surface area (Å²) in [6.07, 6.45) is 1.75. The van der Waals surface area contributed by atoms with Crippen LogP contribution in [0.2, 0.25) is 0 Å². The molecule has 1 aliphatic carbocycles. The maximum Gasteiger partial charge on any atom is 0.307 e. The predicted octanol–water partition coefficient (Wildman–Crippen LogP) is 0.148. The Kier molecular flexibility index (Phi) is 3.59. The zero-order valence-electron chi connectivity index (χ0n) is 10.0. The van der Waals surface area contributed by atoms with E-state index in [1.807, 2.05) is 0 Å². The van der Waals surface area contributed by atoms with Crippen LogP contribution in [0.5, 0.6) is 0 Å². The van der Waals surface area contributed by atoms with Crippen molar-refractivity contribution in [2.24, 2.45) is 11.8 Å². The van der Waals surface area contributed by atoms with Gasteiger partial charge in [0.2, 0.25) is 11.8 Å². The van der Waals surface area contributed by atoms with Crippen LogP contribution in [0.1, 0.15) is 24.6 Å². The molecule has 0 bridgehead atoms. The molecule has 18 heavy (non-hydrogen) atoms. The van der Waals surface area contributed by atoms with Gasteiger partial charge < -0.3 is 14.9 Å². The standard InChI is InChI=1S/C11H15N3O4/c1-6-13-9(18-14-6)3-2-4-12-10(15)7-5-8(7)11(16)17/h7-8H,2-5H2,1H3,(H,12,15)(H,16,17). The number of carbonyl (C=O) groups excluding carboxylic acids is 1. The van der Waals surface area contributed by atoms with Crippen molar-refractivity contribution in [2.45, 2.75) is 26.2 Å². The molecule has 1 aromatic rings. The summed E-state index contributed by atoms with van der Waals surface area (Å²) in [6.45, 7) is 2.23. The molecular formula is C11H15N3O4. The highest BCUT2D eigenvalue weighted by molar-refractivity contribution is 5.89. The molecule has 0 aliphatic heterocycles. The minimum Gasteiger partial charge on any atom is -0.481 e. The normalized spacial score (nSPS) is 21.6. The van der Waals surface area contributed by atoms with Crippen LogP contribution in [-0.2, 0) is 16.0 Å². The molecule has 1 heterocycles. The molecule has 7 heteroatoms. The minimum atomic E-state index is -0.892. The van der Waals surface area contributed by atoms with Gasteiger partial charge in [-0.25, -0.2) is 0 Å². The van der Waals surface area contributed by atoms with Crippen molar-refractivity contribution in [1.82, 2.24) is 15.5 Å². The highest BCUT2D eigenvalue weighted by Crippen LogP contribution is 2.38. The number of nitrogens with one attached hydrogen (secondary N) is 1. The highest BCUT2D eigenvalue weighted by atomic mass is 16.5. The molecule has 0 spiro atoms. The zero-order chi connectivity index (χ0) is 13.1. The average Bonchev–Trinajstić information content (AvgIpc) is 3.03. The Morgan fingerprint density at radius 1 is 1.50 bits per heavy atom. The van der Waals surface area contributed by atoms with E-state index in [0.717, 1.165) is 0 Å². The monoisotopic (exact) mass is 253 g/mol. The summed E-state index contributed by atoms with van der Waals surface area (Å²) in [5, 5.41) is 15.1. The first kappa shape index (κ1) is 12.5. The van der Waals surface area contributed by atoms with Gasteiger partial charge in [0.15, 0.2) is 5.82 Å². The summed E-state index contributed by atoms with van der Waals surface area (Å²) in [5.41, 5.74) is 0. The van der Waals surface area contributed by atoms with Gasteiger partial charge in [0.05, 0.1) is 11.8 Å². The number of aryl methyl sites for hydroxylation is 2. The molecule has 1 saturated carbocycles. The van der Waals surface area contributed by atoms with Crippen LogP contribution in [0.15, 0.2) is 4.52 Å². The number of carboxylic acids is 1. The molecule has 0 saturated heterocycles. The Morgan fingerprint density at radius 2 is 2.28 bits per heavy atom. The molecule has 2 N–H and O–H groups in total. The zero-order valence-corrected chi connectivity index (χ0v) is 10.0. The van der Waals surface area contributed by atoms with Gasteiger partial charge in [0.25, 0.3) is 0 Å². The third-order valence-electron chi connectivity index (χ3n) is 2.88. The quantitative estimate of drug-likeness (QED) is 0.699. The number of rotatable bonds is 6. The molecule has 0 radical (unpaired) electrons. The van der Waals surface area contributed by atoms with Crippen molar-refractivity contribution in [3.05, 3.63) is 11.7 Å². The SMILES string of the molecule is Cc1noc(CCCNC(=O)C2CC2C(=O)O)n1. The average molecular weight is 253 g/mol. The van der Waals surface area contributed by atoms with E-state index in [-0.39, 0.29) is 11.8 Å². The van der Waals surface area contributed by atoms with E-state index in [2.05, 4.69) is 15.5 Å². The van der Waals surface area contributed by atoms with Crippen LogP contribution in [0, 0.1) is 18.8 Å². The summed E-state index contributed by atoms with van der Waals surface area (Å²) in [5.74, 6) is -0.773. The van der Waals surface area contributed by atoms with Gasteiger partial charge in [0.1, 0.15) is 0 Å². The molecule has 2 atom stereocenters. The molecule has 7 nitrogen and oxygen atoms in total. The second-order valence-electron chi connectivity index (χ2n) is 4.42. The number of aliphatic carboxylic acids is 1. The van der Waals surface area contributed by atoms with Crippen molar-refractivity contribution in [2.75, 3.05) is 6.54 Å². The van der Waals surface area contributed by atoms with Crippen molar-refractivity contribution < 1.29 is 19.2 Å². The van der Waals surface area contributed by atoms with E-state index in [9.17, 15) is 9.59 Å². The first-order chi connectivity index (χ1) is 8.58. The molecule has 1 aromatic heterocycles. The van der Waals surface area contributed by atoms with Crippen LogP contribution in [0.4, 0.5) is 0 Å². The Morgan fingerprint density at radius 3 is 2.83 bits per heavy atom. The largest absolute Gasteiger partial charge is 0.481 e. The third-order valence-corrected chi connectivity index (χ3v) is 2.88. The molecule has 98 valence electrons. The topological polar surface area (TPSA) is 105 Å². The lowest BCUT2D eigenvalue weighted by Crippen LogP contribution is -2.27. The molecular weight excluding hydrogens is 238 g/mol. The van der Waals surface area contributed by atoms with Crippen LogP contribution < -0.4 is 5.32 Å². The Hall–Kier alpha value is -1.92. The summed E-state index contributed by atoms with van der Waals surface area (Å²) in [4.78, 5) is 26.1. The van der Waals surface area contributed by atoms with E-state index in [1.165, 1.54) is 0 Å². The fourth-order valence-electron chi connectivity index (χ4n) is 1.78. The van der Waals surface area contributed by atoms with Gasteiger partial charge in [-0.15, -0.1) is 0 Å². The van der Waals surface area contributed by atoms with E-state index in [1.54, 1.807) is 6.92 Å². The highest BCUT2D eigenvalue weighted by Gasteiger charge is 2.48. The number of carboxylic acid groups (broad SMARTS) is 1. The number of hydrogen-bond acceptors (Lipinski definition) is 5. The maximum atomic E-state index is 11.5. The first-order valence-corrected chi connectivity index (χ1v) is 5.87. The van der Waals surface area contributed by atoms with Gasteiger partial charge in [-0.1, -0.05) is 5.16 Å². The smallest absolute Gasteiger partial charge is 0.307 e. The summed E-state index contributed by atoms with van der Waals surface area (Å²) < 4.78 is 4.93. The molecule has 1 amide bonds. The Balaban J connectivity index is 1.61. The lowest BCUT2D eigenvalue weighted by atomic mass is 10.2. The fraction of sp³-hybridized carbons (Fsp3) is 0.636. The minimum absolute atomic E-state index is 0.177. The number of nitrogens with zero attached hydrogens (tertiary/aromatic N) is 2. The summed E-state index contributed by atoms with van der Waals surface area (Å²) >= 11 is 0. The Bertz CT molecular complexity index is 457. The van der Waals surface area contributed by atoms with Crippen LogP contribution >= 0.6 is 0 Å². The molecule has 0 aromatic carbocycles. The van der Waals surface area contributed by atoms with Crippen molar-refractivity contribution in [1.29, 1.82) is 0 Å². The number of hydrogen-bond donors (Lipinski definition) is 2. The molecule has 2 unspecified atom stereocenters. The number of amides is 1. The van der Waals surface area contributed by atoms with E-state index >= 15 is 0 Å². The van der Waals surface area contributed by atoms with Crippen LogP contribution in [-0.4, -0.2) is 33.7 Å². The lowest BCUT2D eigenvalue weighted by Gasteiger charge is -2.02. The van der Waals surface area contributed by atoms with E-state index in [0.29, 0.717) is 37.5 Å². The number of aromatic nitrogens is 2. The van der Waals surface area contributed by atoms with Gasteiger partial charge >= 0.3 is 5.97 Å². The Labute approximate surface area is 104 Å². The van der Waals surface area contributed by atoms with Gasteiger partial charge in [-0.2, -0.15) is 4.98 Å². The van der Waals surface area contributed by atoms with E-state index < -0.39 is 11.9 Å². The first-order valence-electron chi connectivity index (χ1n) is 5.87. The second kappa shape index (κ2) is 5.16. The second-order valence-corrected chi connectivity index (χ2v) is 4.42. The molecule has 1 aliphatic rings. The van der Waals surface area contributed by atoms with Crippen LogP contribution in [0.3, 0.4) is 0 Å². The summed E-state index contributed by atoms with van der Waals surface area (Å²) in [7, 11) is 0.